The van der Waals surface area contributed by atoms with Gasteiger partial charge in [-0.05, 0) is 131 Å². The van der Waals surface area contributed by atoms with Gasteiger partial charge in [-0.1, -0.05) is 206 Å². The van der Waals surface area contributed by atoms with Crippen molar-refractivity contribution in [2.75, 3.05) is 4.90 Å². The molecule has 1 heteroatoms. The second-order valence-electron chi connectivity index (χ2n) is 16.4. The van der Waals surface area contributed by atoms with E-state index in [1.165, 1.54) is 89.0 Å². The fraction of sp³-hybridized carbons (Fsp3) is 0.0164. The van der Waals surface area contributed by atoms with E-state index in [-0.39, 0.29) is 0 Å². The van der Waals surface area contributed by atoms with Crippen LogP contribution >= 0.6 is 0 Å². The van der Waals surface area contributed by atoms with E-state index in [1.54, 1.807) is 0 Å². The van der Waals surface area contributed by atoms with E-state index in [0.29, 0.717) is 0 Å². The van der Waals surface area contributed by atoms with Crippen LogP contribution in [0.15, 0.2) is 249 Å². The van der Waals surface area contributed by atoms with Crippen LogP contribution in [0, 0.1) is 0 Å². The van der Waals surface area contributed by atoms with Gasteiger partial charge in [-0.25, -0.2) is 0 Å². The molecule has 0 heterocycles. The van der Waals surface area contributed by atoms with Crippen LogP contribution in [0.4, 0.5) is 17.1 Å². The molecule has 0 radical (unpaired) electrons. The number of nitrogens with zero attached hydrogens (tertiary/aromatic N) is 1. The maximum Gasteiger partial charge on any atom is 0.0725 e. The van der Waals surface area contributed by atoms with E-state index >= 15 is 0 Å². The highest BCUT2D eigenvalue weighted by molar-refractivity contribution is 6.00. The van der Waals surface area contributed by atoms with Gasteiger partial charge in [0.15, 0.2) is 0 Å². The number of fused-ring (bicyclic) bond motifs is 10. The van der Waals surface area contributed by atoms with E-state index in [1.807, 2.05) is 0 Å². The van der Waals surface area contributed by atoms with E-state index in [9.17, 15) is 0 Å². The normalized spacial score (nSPS) is 12.6. The first-order valence-corrected chi connectivity index (χ1v) is 21.5. The molecule has 2 aliphatic carbocycles. The minimum absolute atomic E-state index is 0.437. The molecule has 0 amide bonds. The van der Waals surface area contributed by atoms with Crippen molar-refractivity contribution in [3.05, 3.63) is 271 Å². The zero-order valence-corrected chi connectivity index (χ0v) is 34.1. The molecule has 10 aromatic rings. The van der Waals surface area contributed by atoms with E-state index in [2.05, 4.69) is 254 Å². The van der Waals surface area contributed by atoms with Gasteiger partial charge in [0, 0.05) is 17.1 Å². The lowest BCUT2D eigenvalue weighted by molar-refractivity contribution is 0.794. The minimum Gasteiger partial charge on any atom is -0.311 e. The third-order valence-corrected chi connectivity index (χ3v) is 13.1. The largest absolute Gasteiger partial charge is 0.311 e. The number of anilines is 3. The molecule has 12 rings (SSSR count). The molecule has 0 saturated carbocycles. The highest BCUT2D eigenvalue weighted by Gasteiger charge is 2.52. The van der Waals surface area contributed by atoms with E-state index in [4.69, 9.17) is 0 Å². The Balaban J connectivity index is 0.987. The summed E-state index contributed by atoms with van der Waals surface area (Å²) in [6, 6.07) is 91.3. The second-order valence-corrected chi connectivity index (χ2v) is 16.4. The number of benzene rings is 10. The van der Waals surface area contributed by atoms with Crippen LogP contribution in [0.2, 0.25) is 0 Å². The van der Waals surface area contributed by atoms with Crippen molar-refractivity contribution in [1.29, 1.82) is 0 Å². The van der Waals surface area contributed by atoms with Crippen molar-refractivity contribution >= 4 is 17.1 Å². The summed E-state index contributed by atoms with van der Waals surface area (Å²) < 4.78 is 0. The molecule has 0 N–H and O–H groups in total. The first-order chi connectivity index (χ1) is 30.8. The third kappa shape index (κ3) is 5.63. The standard InChI is InChI=1S/C61H41N/c1-4-15-42(16-5-1)44-27-34-49(35-28-44)62(50-36-29-45(30-37-50)43-17-6-2-7-18-43)51-38-31-46(32-39-51)48-33-40-55-59(41-48)61(56-24-12-10-21-53(56)54-22-11-13-25-57(54)61)58-26-14-23-52(60(55)58)47-19-8-3-9-20-47/h1-41H. The van der Waals surface area contributed by atoms with Crippen LogP contribution in [0.3, 0.4) is 0 Å². The van der Waals surface area contributed by atoms with Crippen LogP contribution in [0.25, 0.3) is 66.8 Å². The van der Waals surface area contributed by atoms with Gasteiger partial charge >= 0.3 is 0 Å². The molecule has 0 aliphatic heterocycles. The van der Waals surface area contributed by atoms with E-state index in [0.717, 1.165) is 17.1 Å². The highest BCUT2D eigenvalue weighted by Crippen LogP contribution is 2.64. The molecule has 0 unspecified atom stereocenters. The average Bonchev–Trinajstić information content (AvgIpc) is 3.83. The molecular weight excluding hydrogens is 747 g/mol. The molecular formula is C61H41N. The summed E-state index contributed by atoms with van der Waals surface area (Å²) in [5.74, 6) is 0. The molecule has 0 atom stereocenters. The predicted octanol–water partition coefficient (Wildman–Crippen LogP) is 16.2. The van der Waals surface area contributed by atoms with Gasteiger partial charge in [0.1, 0.15) is 0 Å². The summed E-state index contributed by atoms with van der Waals surface area (Å²) in [6.45, 7) is 0. The molecule has 62 heavy (non-hydrogen) atoms. The van der Waals surface area contributed by atoms with Crippen LogP contribution in [0.5, 0.6) is 0 Å². The Kier molecular flexibility index (Phi) is 8.47. The average molecular weight is 788 g/mol. The summed E-state index contributed by atoms with van der Waals surface area (Å²) in [6.07, 6.45) is 0. The Hall–Kier alpha value is -8.00. The second kappa shape index (κ2) is 14.6. The van der Waals surface area contributed by atoms with Gasteiger partial charge in [0.25, 0.3) is 0 Å². The molecule has 1 spiro atoms. The first kappa shape index (κ1) is 35.9. The van der Waals surface area contributed by atoms with Gasteiger partial charge < -0.3 is 4.90 Å². The first-order valence-electron chi connectivity index (χ1n) is 21.5. The molecule has 290 valence electrons. The van der Waals surface area contributed by atoms with Crippen LogP contribution in [0.1, 0.15) is 22.3 Å². The Bertz CT molecular complexity index is 3110. The minimum atomic E-state index is -0.437. The predicted molar refractivity (Wildman–Crippen MR) is 259 cm³/mol. The van der Waals surface area contributed by atoms with Gasteiger partial charge in [0.2, 0.25) is 0 Å². The zero-order valence-electron chi connectivity index (χ0n) is 34.1. The fourth-order valence-corrected chi connectivity index (χ4v) is 10.3. The summed E-state index contributed by atoms with van der Waals surface area (Å²) in [4.78, 5) is 2.36. The topological polar surface area (TPSA) is 3.24 Å². The lowest BCUT2D eigenvalue weighted by Gasteiger charge is -2.31. The summed E-state index contributed by atoms with van der Waals surface area (Å²) in [7, 11) is 0. The van der Waals surface area contributed by atoms with Crippen molar-refractivity contribution in [3.8, 4) is 66.8 Å². The van der Waals surface area contributed by atoms with Gasteiger partial charge in [-0.3, -0.25) is 0 Å². The molecule has 1 nitrogen and oxygen atoms in total. The Labute approximate surface area is 363 Å². The van der Waals surface area contributed by atoms with Gasteiger partial charge in [-0.15, -0.1) is 0 Å². The van der Waals surface area contributed by atoms with Crippen molar-refractivity contribution in [3.63, 3.8) is 0 Å². The maximum atomic E-state index is 2.49. The highest BCUT2D eigenvalue weighted by atomic mass is 15.1. The number of rotatable bonds is 7. The lowest BCUT2D eigenvalue weighted by Crippen LogP contribution is -2.25. The Morgan fingerprint density at radius 2 is 0.597 bits per heavy atom. The van der Waals surface area contributed by atoms with Crippen molar-refractivity contribution in [1.82, 2.24) is 0 Å². The molecule has 0 fully saturated rings. The molecule has 0 saturated heterocycles. The van der Waals surface area contributed by atoms with Gasteiger partial charge in [-0.2, -0.15) is 0 Å². The van der Waals surface area contributed by atoms with Crippen LogP contribution < -0.4 is 4.90 Å². The smallest absolute Gasteiger partial charge is 0.0725 e. The van der Waals surface area contributed by atoms with E-state index < -0.39 is 5.41 Å². The SMILES string of the molecule is c1ccc(-c2ccc(N(c3ccc(-c4ccccc4)cc3)c3ccc(-c4ccc5c(c4)C4(c6ccccc6-c6ccccc64)c4cccc(-c6ccccc6)c4-5)cc3)cc2)cc1. The molecule has 0 aromatic heterocycles. The zero-order chi connectivity index (χ0) is 41.0. The fourth-order valence-electron chi connectivity index (χ4n) is 10.3. The quantitative estimate of drug-likeness (QED) is 0.155. The molecule has 10 aromatic carbocycles. The molecule has 0 bridgehead atoms. The van der Waals surface area contributed by atoms with Crippen molar-refractivity contribution in [2.24, 2.45) is 0 Å². The maximum absolute atomic E-state index is 2.49. The molecule has 2 aliphatic rings. The van der Waals surface area contributed by atoms with Gasteiger partial charge in [0.05, 0.1) is 5.41 Å². The van der Waals surface area contributed by atoms with Crippen LogP contribution in [-0.4, -0.2) is 0 Å². The Morgan fingerprint density at radius 3 is 1.10 bits per heavy atom. The van der Waals surface area contributed by atoms with Crippen molar-refractivity contribution in [2.45, 2.75) is 5.41 Å². The Morgan fingerprint density at radius 1 is 0.226 bits per heavy atom. The summed E-state index contributed by atoms with van der Waals surface area (Å²) in [5.41, 5.74) is 23.3. The number of hydrogen-bond acceptors (Lipinski definition) is 1. The number of hydrogen-bond donors (Lipinski definition) is 0. The third-order valence-electron chi connectivity index (χ3n) is 13.1. The summed E-state index contributed by atoms with van der Waals surface area (Å²) in [5, 5.41) is 0. The van der Waals surface area contributed by atoms with Crippen LogP contribution in [-0.2, 0) is 5.41 Å². The summed E-state index contributed by atoms with van der Waals surface area (Å²) >= 11 is 0. The monoisotopic (exact) mass is 787 g/mol. The van der Waals surface area contributed by atoms with Crippen molar-refractivity contribution < 1.29 is 0 Å². The lowest BCUT2D eigenvalue weighted by atomic mass is 9.70.